The van der Waals surface area contributed by atoms with Crippen LogP contribution >= 0.6 is 0 Å². The van der Waals surface area contributed by atoms with Crippen molar-refractivity contribution < 1.29 is 18.3 Å². The normalized spacial score (nSPS) is 10.4. The molecule has 100 valence electrons. The summed E-state index contributed by atoms with van der Waals surface area (Å²) >= 11 is 0. The van der Waals surface area contributed by atoms with Gasteiger partial charge in [-0.25, -0.2) is 8.78 Å². The maximum Gasteiger partial charge on any atom is 0.225 e. The minimum Gasteiger partial charge on any atom is -0.383 e. The number of ether oxygens (including phenoxy) is 1. The van der Waals surface area contributed by atoms with Gasteiger partial charge < -0.3 is 15.4 Å². The molecule has 0 fully saturated rings. The highest BCUT2D eigenvalue weighted by Gasteiger charge is 2.07. The minimum atomic E-state index is -0.782. The van der Waals surface area contributed by atoms with Crippen molar-refractivity contribution in [2.24, 2.45) is 0 Å². The molecule has 1 amide bonds. The van der Waals surface area contributed by atoms with E-state index in [1.54, 1.807) is 7.11 Å². The van der Waals surface area contributed by atoms with Gasteiger partial charge in [0, 0.05) is 32.7 Å². The Kier molecular flexibility index (Phi) is 6.24. The number of halogens is 2. The minimum absolute atomic E-state index is 0.0155. The first kappa shape index (κ1) is 14.5. The molecular formula is C12H16F2N2O2. The van der Waals surface area contributed by atoms with E-state index in [0.717, 1.165) is 12.1 Å². The molecule has 4 nitrogen and oxygen atoms in total. The topological polar surface area (TPSA) is 50.4 Å². The van der Waals surface area contributed by atoms with Crippen LogP contribution in [-0.4, -0.2) is 32.7 Å². The smallest absolute Gasteiger partial charge is 0.225 e. The second kappa shape index (κ2) is 7.73. The van der Waals surface area contributed by atoms with Crippen LogP contribution in [0.3, 0.4) is 0 Å². The first-order valence-corrected chi connectivity index (χ1v) is 5.58. The maximum atomic E-state index is 13.2. The van der Waals surface area contributed by atoms with E-state index in [4.69, 9.17) is 4.74 Å². The van der Waals surface area contributed by atoms with Crippen LogP contribution in [0, 0.1) is 11.6 Å². The number of rotatable bonds is 7. The van der Waals surface area contributed by atoms with Crippen molar-refractivity contribution >= 4 is 11.6 Å². The monoisotopic (exact) mass is 258 g/mol. The zero-order valence-electron chi connectivity index (χ0n) is 10.1. The summed E-state index contributed by atoms with van der Waals surface area (Å²) in [6, 6.07) is 3.02. The van der Waals surface area contributed by atoms with Crippen molar-refractivity contribution in [1.29, 1.82) is 0 Å². The Hall–Kier alpha value is -1.53. The van der Waals surface area contributed by atoms with Crippen molar-refractivity contribution in [2.45, 2.75) is 6.42 Å². The molecule has 1 aromatic carbocycles. The van der Waals surface area contributed by atoms with Crippen LogP contribution in [0.25, 0.3) is 0 Å². The van der Waals surface area contributed by atoms with E-state index in [9.17, 15) is 13.6 Å². The number of hydrogen-bond donors (Lipinski definition) is 2. The molecular weight excluding hydrogens is 242 g/mol. The van der Waals surface area contributed by atoms with Gasteiger partial charge in [0.2, 0.25) is 5.91 Å². The van der Waals surface area contributed by atoms with Crippen LogP contribution in [0.4, 0.5) is 14.5 Å². The summed E-state index contributed by atoms with van der Waals surface area (Å²) in [5, 5.41) is 5.36. The summed E-state index contributed by atoms with van der Waals surface area (Å²) in [5.41, 5.74) is -0.0155. The molecule has 0 atom stereocenters. The van der Waals surface area contributed by atoms with E-state index in [0.29, 0.717) is 19.7 Å². The average Bonchev–Trinajstić information content (AvgIpc) is 2.32. The molecule has 0 bridgehead atoms. The van der Waals surface area contributed by atoms with Crippen molar-refractivity contribution in [1.82, 2.24) is 5.32 Å². The fourth-order valence-corrected chi connectivity index (χ4v) is 1.30. The highest BCUT2D eigenvalue weighted by molar-refractivity contribution is 5.90. The Morgan fingerprint density at radius 2 is 2.11 bits per heavy atom. The molecule has 0 aromatic heterocycles. The molecule has 0 heterocycles. The van der Waals surface area contributed by atoms with Crippen LogP contribution < -0.4 is 10.6 Å². The number of methoxy groups -OCH3 is 1. The van der Waals surface area contributed by atoms with Gasteiger partial charge in [0.15, 0.2) is 0 Å². The molecule has 0 aliphatic heterocycles. The number of carbonyl (C=O) groups is 1. The second-order valence-electron chi connectivity index (χ2n) is 3.67. The first-order chi connectivity index (χ1) is 8.63. The van der Waals surface area contributed by atoms with Gasteiger partial charge in [-0.1, -0.05) is 0 Å². The number of anilines is 1. The molecule has 0 saturated heterocycles. The lowest BCUT2D eigenvalue weighted by Gasteiger charge is -2.07. The van der Waals surface area contributed by atoms with Crippen molar-refractivity contribution in [3.8, 4) is 0 Å². The van der Waals surface area contributed by atoms with Gasteiger partial charge in [0.05, 0.1) is 12.3 Å². The molecule has 0 radical (unpaired) electrons. The Labute approximate surface area is 104 Å². The molecule has 0 aliphatic carbocycles. The van der Waals surface area contributed by atoms with E-state index in [-0.39, 0.29) is 18.0 Å². The van der Waals surface area contributed by atoms with Gasteiger partial charge >= 0.3 is 0 Å². The van der Waals surface area contributed by atoms with Crippen LogP contribution in [0.1, 0.15) is 6.42 Å². The number of hydrogen-bond acceptors (Lipinski definition) is 3. The number of carbonyl (C=O) groups excluding carboxylic acids is 1. The van der Waals surface area contributed by atoms with Gasteiger partial charge in [0.1, 0.15) is 11.6 Å². The quantitative estimate of drug-likeness (QED) is 0.729. The van der Waals surface area contributed by atoms with E-state index in [1.807, 2.05) is 0 Å². The number of amides is 1. The van der Waals surface area contributed by atoms with Crippen LogP contribution in [-0.2, 0) is 9.53 Å². The average molecular weight is 258 g/mol. The van der Waals surface area contributed by atoms with Gasteiger partial charge in [-0.3, -0.25) is 4.79 Å². The first-order valence-electron chi connectivity index (χ1n) is 5.58. The molecule has 0 aliphatic rings. The Morgan fingerprint density at radius 1 is 1.33 bits per heavy atom. The largest absolute Gasteiger partial charge is 0.383 e. The van der Waals surface area contributed by atoms with Crippen LogP contribution in [0.5, 0.6) is 0 Å². The summed E-state index contributed by atoms with van der Waals surface area (Å²) in [7, 11) is 1.59. The molecule has 1 rings (SSSR count). The lowest BCUT2D eigenvalue weighted by atomic mass is 10.3. The zero-order valence-corrected chi connectivity index (χ0v) is 10.1. The summed E-state index contributed by atoms with van der Waals surface area (Å²) < 4.78 is 30.7. The second-order valence-corrected chi connectivity index (χ2v) is 3.67. The van der Waals surface area contributed by atoms with Gasteiger partial charge in [-0.2, -0.15) is 0 Å². The summed E-state index contributed by atoms with van der Waals surface area (Å²) in [6.45, 7) is 1.68. The van der Waals surface area contributed by atoms with Crippen molar-refractivity contribution in [2.75, 3.05) is 32.1 Å². The number of benzene rings is 1. The maximum absolute atomic E-state index is 13.2. The third-order valence-electron chi connectivity index (χ3n) is 2.22. The molecule has 6 heteroatoms. The molecule has 0 saturated carbocycles. The molecule has 0 spiro atoms. The van der Waals surface area contributed by atoms with Crippen LogP contribution in [0.2, 0.25) is 0 Å². The highest BCUT2D eigenvalue weighted by Crippen LogP contribution is 2.14. The molecule has 2 N–H and O–H groups in total. The lowest BCUT2D eigenvalue weighted by Crippen LogP contribution is -2.24. The summed E-state index contributed by atoms with van der Waals surface area (Å²) in [6.07, 6.45) is 0.209. The third-order valence-corrected chi connectivity index (χ3v) is 2.22. The van der Waals surface area contributed by atoms with E-state index in [2.05, 4.69) is 10.6 Å². The predicted molar refractivity (Wildman–Crippen MR) is 64.4 cm³/mol. The summed E-state index contributed by atoms with van der Waals surface area (Å²) in [5.74, 6) is -1.78. The third kappa shape index (κ3) is 5.20. The highest BCUT2D eigenvalue weighted by atomic mass is 19.1. The van der Waals surface area contributed by atoms with Gasteiger partial charge in [-0.15, -0.1) is 0 Å². The van der Waals surface area contributed by atoms with E-state index >= 15 is 0 Å². The number of nitrogens with one attached hydrogen (secondary N) is 2. The Balaban J connectivity index is 2.31. The molecule has 18 heavy (non-hydrogen) atoms. The molecule has 0 unspecified atom stereocenters. The summed E-state index contributed by atoms with van der Waals surface area (Å²) in [4.78, 5) is 11.4. The van der Waals surface area contributed by atoms with Crippen molar-refractivity contribution in [3.05, 3.63) is 29.8 Å². The Bertz CT molecular complexity index is 400. The fraction of sp³-hybridized carbons (Fsp3) is 0.417. The van der Waals surface area contributed by atoms with Crippen molar-refractivity contribution in [3.63, 3.8) is 0 Å². The predicted octanol–water partition coefficient (Wildman–Crippen LogP) is 1.53. The fourth-order valence-electron chi connectivity index (χ4n) is 1.30. The molecule has 1 aromatic rings. The lowest BCUT2D eigenvalue weighted by molar-refractivity contribution is -0.116. The Morgan fingerprint density at radius 3 is 2.78 bits per heavy atom. The van der Waals surface area contributed by atoms with Crippen LogP contribution in [0.15, 0.2) is 18.2 Å². The standard InChI is InChI=1S/C12H16F2N2O2/c1-18-7-6-15-5-4-12(17)16-11-3-2-9(13)8-10(11)14/h2-3,8,15H,4-7H2,1H3,(H,16,17). The van der Waals surface area contributed by atoms with E-state index < -0.39 is 11.6 Å². The van der Waals surface area contributed by atoms with E-state index in [1.165, 1.54) is 6.07 Å². The van der Waals surface area contributed by atoms with Gasteiger partial charge in [0.25, 0.3) is 0 Å². The SMILES string of the molecule is COCCNCCC(=O)Nc1ccc(F)cc1F. The van der Waals surface area contributed by atoms with Gasteiger partial charge in [-0.05, 0) is 12.1 Å². The zero-order chi connectivity index (χ0) is 13.4.